The van der Waals surface area contributed by atoms with Crippen LogP contribution in [0.25, 0.3) is 11.3 Å². The number of hydrogen-bond acceptors (Lipinski definition) is 3. The number of fused-ring (bicyclic) bond motifs is 3. The number of nitrogens with zero attached hydrogens (tertiary/aromatic N) is 1. The first-order chi connectivity index (χ1) is 9.62. The van der Waals surface area contributed by atoms with E-state index in [0.717, 1.165) is 16.8 Å². The molecule has 3 rings (SSSR count). The Labute approximate surface area is 126 Å². The fraction of sp³-hybridized carbons (Fsp3) is 0.286. The summed E-state index contributed by atoms with van der Waals surface area (Å²) in [6, 6.07) is 3.71. The van der Waals surface area contributed by atoms with Gasteiger partial charge in [-0.1, -0.05) is 23.2 Å². The molecule has 0 saturated carbocycles. The number of methoxy groups -OCH3 is 2. The number of hydrogen-bond donors (Lipinski definition) is 1. The van der Waals surface area contributed by atoms with E-state index >= 15 is 0 Å². The van der Waals surface area contributed by atoms with Crippen molar-refractivity contribution in [3.8, 4) is 22.8 Å². The van der Waals surface area contributed by atoms with E-state index in [1.54, 1.807) is 14.2 Å². The molecule has 1 aliphatic heterocycles. The molecule has 4 nitrogen and oxygen atoms in total. The highest BCUT2D eigenvalue weighted by molar-refractivity contribution is 6.42. The Kier molecular flexibility index (Phi) is 3.32. The largest absolute Gasteiger partial charge is 0.496 e. The lowest BCUT2D eigenvalue weighted by Gasteiger charge is -2.15. The SMILES string of the molecule is COc1cc2c(c(OC)c1CO)Cn1c-2cc(Cl)c1Cl. The van der Waals surface area contributed by atoms with Gasteiger partial charge < -0.3 is 19.1 Å². The van der Waals surface area contributed by atoms with Gasteiger partial charge in [0.05, 0.1) is 43.7 Å². The molecule has 20 heavy (non-hydrogen) atoms. The van der Waals surface area contributed by atoms with Gasteiger partial charge in [0.1, 0.15) is 16.7 Å². The van der Waals surface area contributed by atoms with Gasteiger partial charge >= 0.3 is 0 Å². The van der Waals surface area contributed by atoms with E-state index in [0.29, 0.717) is 33.8 Å². The van der Waals surface area contributed by atoms with Crippen LogP contribution in [-0.2, 0) is 13.2 Å². The summed E-state index contributed by atoms with van der Waals surface area (Å²) in [6.07, 6.45) is 0. The average Bonchev–Trinajstić information content (AvgIpc) is 2.94. The van der Waals surface area contributed by atoms with Crippen LogP contribution in [0.3, 0.4) is 0 Å². The highest BCUT2D eigenvalue weighted by Gasteiger charge is 2.29. The van der Waals surface area contributed by atoms with Crippen molar-refractivity contribution in [1.82, 2.24) is 4.57 Å². The Morgan fingerprint density at radius 1 is 1.25 bits per heavy atom. The van der Waals surface area contributed by atoms with E-state index < -0.39 is 0 Å². The third-order valence-corrected chi connectivity index (χ3v) is 4.40. The summed E-state index contributed by atoms with van der Waals surface area (Å²) < 4.78 is 12.7. The van der Waals surface area contributed by atoms with E-state index in [9.17, 15) is 5.11 Å². The van der Waals surface area contributed by atoms with Crippen LogP contribution in [0.2, 0.25) is 10.2 Å². The maximum absolute atomic E-state index is 9.55. The molecule has 106 valence electrons. The fourth-order valence-electron chi connectivity index (χ4n) is 2.71. The summed E-state index contributed by atoms with van der Waals surface area (Å²) in [6.45, 7) is 0.416. The third kappa shape index (κ3) is 1.72. The van der Waals surface area contributed by atoms with Gasteiger partial charge in [-0.3, -0.25) is 0 Å². The second-order valence-corrected chi connectivity index (χ2v) is 5.29. The van der Waals surface area contributed by atoms with Gasteiger partial charge in [-0.15, -0.1) is 0 Å². The van der Waals surface area contributed by atoms with Gasteiger partial charge in [-0.25, -0.2) is 0 Å². The summed E-state index contributed by atoms with van der Waals surface area (Å²) in [5.74, 6) is 1.22. The predicted octanol–water partition coefficient (Wildman–Crippen LogP) is 3.33. The van der Waals surface area contributed by atoms with Crippen LogP contribution in [-0.4, -0.2) is 23.9 Å². The molecule has 1 aliphatic rings. The molecular formula is C14H13Cl2NO3. The van der Waals surface area contributed by atoms with Crippen molar-refractivity contribution < 1.29 is 14.6 Å². The molecule has 1 aromatic carbocycles. The molecule has 0 bridgehead atoms. The van der Waals surface area contributed by atoms with Crippen molar-refractivity contribution >= 4 is 23.2 Å². The maximum Gasteiger partial charge on any atom is 0.133 e. The zero-order valence-corrected chi connectivity index (χ0v) is 12.5. The molecule has 1 N–H and O–H groups in total. The fourth-order valence-corrected chi connectivity index (χ4v) is 3.12. The average molecular weight is 314 g/mol. The molecule has 0 amide bonds. The lowest BCUT2D eigenvalue weighted by Crippen LogP contribution is -2.01. The molecule has 6 heteroatoms. The molecule has 0 spiro atoms. The number of aliphatic hydroxyl groups is 1. The minimum atomic E-state index is -0.150. The molecule has 0 unspecified atom stereocenters. The minimum Gasteiger partial charge on any atom is -0.496 e. The Balaban J connectivity index is 2.29. The first-order valence-corrected chi connectivity index (χ1v) is 6.80. The first-order valence-electron chi connectivity index (χ1n) is 6.04. The lowest BCUT2D eigenvalue weighted by atomic mass is 10.0. The molecule has 0 saturated heterocycles. The normalized spacial score (nSPS) is 12.2. The van der Waals surface area contributed by atoms with Crippen LogP contribution < -0.4 is 9.47 Å². The Bertz CT molecular complexity index is 694. The van der Waals surface area contributed by atoms with Crippen molar-refractivity contribution in [2.45, 2.75) is 13.2 Å². The van der Waals surface area contributed by atoms with Crippen molar-refractivity contribution in [2.75, 3.05) is 14.2 Å². The van der Waals surface area contributed by atoms with Gasteiger partial charge in [0, 0.05) is 11.1 Å². The number of aromatic nitrogens is 1. The predicted molar refractivity (Wildman–Crippen MR) is 78.0 cm³/mol. The van der Waals surface area contributed by atoms with E-state index in [1.165, 1.54) is 0 Å². The van der Waals surface area contributed by atoms with E-state index in [-0.39, 0.29) is 6.61 Å². The Morgan fingerprint density at radius 3 is 2.60 bits per heavy atom. The smallest absolute Gasteiger partial charge is 0.133 e. The van der Waals surface area contributed by atoms with Gasteiger partial charge in [0.25, 0.3) is 0 Å². The number of rotatable bonds is 3. The second-order valence-electron chi connectivity index (χ2n) is 4.53. The molecule has 2 heterocycles. The van der Waals surface area contributed by atoms with E-state index in [4.69, 9.17) is 32.7 Å². The molecule has 1 aromatic heterocycles. The molecule has 2 aromatic rings. The summed E-state index contributed by atoms with van der Waals surface area (Å²) >= 11 is 12.3. The number of ether oxygens (including phenoxy) is 2. The molecule has 0 aliphatic carbocycles. The highest BCUT2D eigenvalue weighted by Crippen LogP contribution is 2.47. The summed E-state index contributed by atoms with van der Waals surface area (Å²) in [4.78, 5) is 0. The van der Waals surface area contributed by atoms with Crippen molar-refractivity contribution in [1.29, 1.82) is 0 Å². The summed E-state index contributed by atoms with van der Waals surface area (Å²) in [5, 5.41) is 10.6. The van der Waals surface area contributed by atoms with Crippen LogP contribution in [0, 0.1) is 0 Å². The highest BCUT2D eigenvalue weighted by atomic mass is 35.5. The van der Waals surface area contributed by atoms with E-state index in [2.05, 4.69) is 0 Å². The van der Waals surface area contributed by atoms with Gasteiger partial charge in [-0.2, -0.15) is 0 Å². The third-order valence-electron chi connectivity index (χ3n) is 3.61. The monoisotopic (exact) mass is 313 g/mol. The van der Waals surface area contributed by atoms with Crippen LogP contribution in [0.4, 0.5) is 0 Å². The number of benzene rings is 1. The minimum absolute atomic E-state index is 0.150. The standard InChI is InChI=1S/C14H13Cl2NO3/c1-19-12-3-7-8(13(20-2)9(12)6-18)5-17-11(7)4-10(15)14(17)16/h3-4,18H,5-6H2,1-2H3. The van der Waals surface area contributed by atoms with E-state index in [1.807, 2.05) is 16.7 Å². The Hall–Kier alpha value is -1.36. The van der Waals surface area contributed by atoms with Gasteiger partial charge in [-0.05, 0) is 12.1 Å². The van der Waals surface area contributed by atoms with Crippen LogP contribution in [0.5, 0.6) is 11.5 Å². The maximum atomic E-state index is 9.55. The first kappa shape index (κ1) is 13.6. The van der Waals surface area contributed by atoms with Crippen LogP contribution in [0.1, 0.15) is 11.1 Å². The summed E-state index contributed by atoms with van der Waals surface area (Å²) in [5.41, 5.74) is 3.51. The van der Waals surface area contributed by atoms with Crippen LogP contribution in [0.15, 0.2) is 12.1 Å². The van der Waals surface area contributed by atoms with Gasteiger partial charge in [0.15, 0.2) is 0 Å². The summed E-state index contributed by atoms with van der Waals surface area (Å²) in [7, 11) is 3.14. The Morgan fingerprint density at radius 2 is 2.00 bits per heavy atom. The zero-order valence-electron chi connectivity index (χ0n) is 11.0. The quantitative estimate of drug-likeness (QED) is 0.806. The van der Waals surface area contributed by atoms with Gasteiger partial charge in [0.2, 0.25) is 0 Å². The topological polar surface area (TPSA) is 43.6 Å². The molecular weight excluding hydrogens is 301 g/mol. The number of aliphatic hydroxyl groups excluding tert-OH is 1. The molecule has 0 radical (unpaired) electrons. The number of halogens is 2. The zero-order chi connectivity index (χ0) is 14.4. The second kappa shape index (κ2) is 4.88. The van der Waals surface area contributed by atoms with Crippen molar-refractivity contribution in [2.24, 2.45) is 0 Å². The lowest BCUT2D eigenvalue weighted by molar-refractivity contribution is 0.264. The molecule has 0 atom stereocenters. The molecule has 0 fully saturated rings. The van der Waals surface area contributed by atoms with Crippen molar-refractivity contribution in [3.05, 3.63) is 33.4 Å². The van der Waals surface area contributed by atoms with Crippen molar-refractivity contribution in [3.63, 3.8) is 0 Å². The van der Waals surface area contributed by atoms with Crippen LogP contribution >= 0.6 is 23.2 Å².